The summed E-state index contributed by atoms with van der Waals surface area (Å²) >= 11 is 0. The summed E-state index contributed by atoms with van der Waals surface area (Å²) in [6.07, 6.45) is 1.73. The highest BCUT2D eigenvalue weighted by atomic mass is 16.5. The summed E-state index contributed by atoms with van der Waals surface area (Å²) in [4.78, 5) is 8.73. The maximum absolute atomic E-state index is 6.04. The molecule has 0 spiro atoms. The molecule has 0 saturated carbocycles. The van der Waals surface area contributed by atoms with E-state index >= 15 is 0 Å². The zero-order valence-corrected chi connectivity index (χ0v) is 14.3. The lowest BCUT2D eigenvalue weighted by Crippen LogP contribution is -2.09. The summed E-state index contributed by atoms with van der Waals surface area (Å²) in [6.45, 7) is 5.90. The van der Waals surface area contributed by atoms with Crippen LogP contribution in [-0.4, -0.2) is 15.1 Å². The van der Waals surface area contributed by atoms with E-state index in [-0.39, 0.29) is 6.04 Å². The van der Waals surface area contributed by atoms with Crippen LogP contribution in [-0.2, 0) is 0 Å². The van der Waals surface area contributed by atoms with Crippen LogP contribution in [0.2, 0.25) is 0 Å². The number of furan rings is 1. The monoisotopic (exact) mass is 334 g/mol. The number of hydrogen-bond acceptors (Lipinski definition) is 6. The van der Waals surface area contributed by atoms with Gasteiger partial charge in [-0.15, -0.1) is 0 Å². The van der Waals surface area contributed by atoms with Crippen molar-refractivity contribution in [2.45, 2.75) is 26.8 Å². The van der Waals surface area contributed by atoms with Crippen molar-refractivity contribution in [3.8, 4) is 11.5 Å². The van der Waals surface area contributed by atoms with Crippen molar-refractivity contribution in [3.05, 3.63) is 59.7 Å². The van der Waals surface area contributed by atoms with Crippen LogP contribution >= 0.6 is 0 Å². The van der Waals surface area contributed by atoms with Crippen molar-refractivity contribution in [1.29, 1.82) is 0 Å². The lowest BCUT2D eigenvalue weighted by molar-refractivity contribution is 0.425. The second kappa shape index (κ2) is 6.05. The number of nitrogens with zero attached hydrogens (tertiary/aromatic N) is 3. The Morgan fingerprint density at radius 3 is 2.68 bits per heavy atom. The van der Waals surface area contributed by atoms with Crippen LogP contribution in [0.3, 0.4) is 0 Å². The Morgan fingerprint density at radius 1 is 1.08 bits per heavy atom. The van der Waals surface area contributed by atoms with Crippen LogP contribution in [0.15, 0.2) is 51.5 Å². The van der Waals surface area contributed by atoms with Crippen molar-refractivity contribution < 1.29 is 8.94 Å². The molecule has 3 heterocycles. The fourth-order valence-corrected chi connectivity index (χ4v) is 2.98. The second-order valence-electron chi connectivity index (χ2n) is 6.00. The van der Waals surface area contributed by atoms with Crippen LogP contribution < -0.4 is 5.32 Å². The Bertz CT molecular complexity index is 1030. The fraction of sp³-hybridized carbons (Fsp3) is 0.211. The molecule has 0 fully saturated rings. The van der Waals surface area contributed by atoms with Gasteiger partial charge in [0.2, 0.25) is 0 Å². The van der Waals surface area contributed by atoms with Gasteiger partial charge in [0, 0.05) is 17.1 Å². The number of hydrogen-bond donors (Lipinski definition) is 1. The zero-order valence-electron chi connectivity index (χ0n) is 14.3. The number of aromatic nitrogens is 3. The molecule has 126 valence electrons. The number of nitrogens with one attached hydrogen (secondary N) is 1. The largest absolute Gasteiger partial charge is 0.459 e. The lowest BCUT2D eigenvalue weighted by atomic mass is 10.1. The molecule has 1 atom stereocenters. The maximum Gasteiger partial charge on any atom is 0.261 e. The molecule has 0 amide bonds. The van der Waals surface area contributed by atoms with Gasteiger partial charge < -0.3 is 14.3 Å². The maximum atomic E-state index is 6.04. The van der Waals surface area contributed by atoms with Gasteiger partial charge in [-0.3, -0.25) is 0 Å². The third kappa shape index (κ3) is 2.76. The van der Waals surface area contributed by atoms with Crippen molar-refractivity contribution in [2.24, 2.45) is 0 Å². The first-order valence-electron chi connectivity index (χ1n) is 8.13. The molecule has 0 saturated heterocycles. The first-order valence-corrected chi connectivity index (χ1v) is 8.13. The topological polar surface area (TPSA) is 77.0 Å². The predicted molar refractivity (Wildman–Crippen MR) is 95.3 cm³/mol. The van der Waals surface area contributed by atoms with Crippen molar-refractivity contribution >= 4 is 16.8 Å². The Balaban J connectivity index is 1.69. The standard InChI is InChI=1S/C19H18N4O2/c1-11-14-7-4-5-9-16(14)24-17(11)12(2)21-18-15(8-6-10-20-18)19-22-13(3)23-25-19/h4-10,12H,1-3H3,(H,20,21). The molecule has 6 heteroatoms. The lowest BCUT2D eigenvalue weighted by Gasteiger charge is -2.14. The molecule has 0 radical (unpaired) electrons. The van der Waals surface area contributed by atoms with Crippen LogP contribution in [0.1, 0.15) is 30.1 Å². The number of benzene rings is 1. The highest BCUT2D eigenvalue weighted by molar-refractivity contribution is 5.82. The first-order chi connectivity index (χ1) is 12.1. The van der Waals surface area contributed by atoms with Gasteiger partial charge in [0.15, 0.2) is 5.82 Å². The van der Waals surface area contributed by atoms with Gasteiger partial charge in [-0.2, -0.15) is 4.98 Å². The van der Waals surface area contributed by atoms with Crippen LogP contribution in [0, 0.1) is 13.8 Å². The zero-order chi connectivity index (χ0) is 17.4. The van der Waals surface area contributed by atoms with Gasteiger partial charge in [0.1, 0.15) is 17.2 Å². The first kappa shape index (κ1) is 15.4. The molecule has 1 unspecified atom stereocenters. The number of fused-ring (bicyclic) bond motifs is 1. The van der Waals surface area contributed by atoms with E-state index in [2.05, 4.69) is 33.4 Å². The second-order valence-corrected chi connectivity index (χ2v) is 6.00. The van der Waals surface area contributed by atoms with Crippen molar-refractivity contribution in [1.82, 2.24) is 15.1 Å². The fourth-order valence-electron chi connectivity index (χ4n) is 2.98. The number of pyridine rings is 1. The van der Waals surface area contributed by atoms with E-state index in [0.29, 0.717) is 17.5 Å². The van der Waals surface area contributed by atoms with E-state index in [1.54, 1.807) is 13.1 Å². The van der Waals surface area contributed by atoms with Crippen molar-refractivity contribution in [3.63, 3.8) is 0 Å². The summed E-state index contributed by atoms with van der Waals surface area (Å²) in [5, 5.41) is 8.38. The summed E-state index contributed by atoms with van der Waals surface area (Å²) in [5.74, 6) is 2.60. The number of aryl methyl sites for hydroxylation is 2. The number of para-hydroxylation sites is 1. The van der Waals surface area contributed by atoms with Crippen molar-refractivity contribution in [2.75, 3.05) is 5.32 Å². The molecule has 6 nitrogen and oxygen atoms in total. The van der Waals surface area contributed by atoms with Gasteiger partial charge in [0.05, 0.1) is 11.6 Å². The summed E-state index contributed by atoms with van der Waals surface area (Å²) in [6, 6.07) is 11.7. The molecule has 0 bridgehead atoms. The molecule has 1 N–H and O–H groups in total. The number of anilines is 1. The molecule has 25 heavy (non-hydrogen) atoms. The molecule has 0 aliphatic heterocycles. The normalized spacial score (nSPS) is 12.4. The van der Waals surface area contributed by atoms with Gasteiger partial charge >= 0.3 is 0 Å². The van der Waals surface area contributed by atoms with Crippen LogP contribution in [0.5, 0.6) is 0 Å². The molecular weight excluding hydrogens is 316 g/mol. The van der Waals surface area contributed by atoms with Crippen LogP contribution in [0.4, 0.5) is 5.82 Å². The smallest absolute Gasteiger partial charge is 0.261 e. The molecule has 3 aromatic heterocycles. The van der Waals surface area contributed by atoms with E-state index in [1.807, 2.05) is 37.3 Å². The average molecular weight is 334 g/mol. The highest BCUT2D eigenvalue weighted by Crippen LogP contribution is 2.32. The molecule has 0 aliphatic rings. The van der Waals surface area contributed by atoms with Gasteiger partial charge in [-0.05, 0) is 39.0 Å². The van der Waals surface area contributed by atoms with E-state index in [1.165, 1.54) is 0 Å². The predicted octanol–water partition coefficient (Wildman–Crippen LogP) is 4.67. The van der Waals surface area contributed by atoms with E-state index in [0.717, 1.165) is 27.9 Å². The molecule has 0 aliphatic carbocycles. The summed E-state index contributed by atoms with van der Waals surface area (Å²) in [7, 11) is 0. The van der Waals surface area contributed by atoms with E-state index in [9.17, 15) is 0 Å². The third-order valence-corrected chi connectivity index (χ3v) is 4.19. The quantitative estimate of drug-likeness (QED) is 0.584. The number of rotatable bonds is 4. The molecular formula is C19H18N4O2. The van der Waals surface area contributed by atoms with E-state index in [4.69, 9.17) is 8.94 Å². The molecule has 1 aromatic carbocycles. The van der Waals surface area contributed by atoms with Gasteiger partial charge in [0.25, 0.3) is 5.89 Å². The van der Waals surface area contributed by atoms with E-state index < -0.39 is 0 Å². The highest BCUT2D eigenvalue weighted by Gasteiger charge is 2.19. The minimum absolute atomic E-state index is 0.0648. The molecule has 4 aromatic rings. The Hall–Kier alpha value is -3.15. The molecule has 4 rings (SSSR count). The Labute approximate surface area is 144 Å². The Morgan fingerprint density at radius 2 is 1.92 bits per heavy atom. The van der Waals surface area contributed by atoms with Crippen LogP contribution in [0.25, 0.3) is 22.4 Å². The Kier molecular flexibility index (Phi) is 3.72. The van der Waals surface area contributed by atoms with Gasteiger partial charge in [-0.1, -0.05) is 23.4 Å². The SMILES string of the molecule is Cc1noc(-c2cccnc2NC(C)c2oc3ccccc3c2C)n1. The summed E-state index contributed by atoms with van der Waals surface area (Å²) < 4.78 is 11.3. The van der Waals surface area contributed by atoms with Gasteiger partial charge in [-0.25, -0.2) is 4.98 Å². The average Bonchev–Trinajstić information content (AvgIpc) is 3.20. The minimum atomic E-state index is -0.0648. The minimum Gasteiger partial charge on any atom is -0.459 e. The summed E-state index contributed by atoms with van der Waals surface area (Å²) in [5.41, 5.74) is 2.78. The third-order valence-electron chi connectivity index (χ3n) is 4.19.